The van der Waals surface area contributed by atoms with Crippen LogP contribution in [0, 0.1) is 0 Å². The topological polar surface area (TPSA) is 47.6 Å². The Morgan fingerprint density at radius 3 is 1.07 bits per heavy atom. The summed E-state index contributed by atoms with van der Waals surface area (Å²) in [4.78, 5) is 12.6. The zero-order chi connectivity index (χ0) is 43.7. The van der Waals surface area contributed by atoms with Crippen LogP contribution >= 0.6 is 11.8 Å². The number of unbranched alkanes of at least 4 members (excludes halogenated alkanes) is 36. The monoisotopic (exact) mass is 882 g/mol. The predicted molar refractivity (Wildman–Crippen MR) is 274 cm³/mol. The van der Waals surface area contributed by atoms with Gasteiger partial charge in [0, 0.05) is 24.3 Å². The highest BCUT2D eigenvalue weighted by atomic mass is 32.2. The molecule has 0 aromatic rings. The quantitative estimate of drug-likeness (QED) is 0.0487. The second-order valence-electron chi connectivity index (χ2n) is 19.1. The van der Waals surface area contributed by atoms with Crippen molar-refractivity contribution in [2.45, 2.75) is 315 Å². The first-order valence-corrected chi connectivity index (χ1v) is 30.4. The maximum Gasteiger partial charge on any atom is 0.321 e. The van der Waals surface area contributed by atoms with Crippen LogP contribution in [-0.4, -0.2) is 46.0 Å². The molecule has 4 nitrogen and oxygen atoms in total. The molecule has 6 heteroatoms. The van der Waals surface area contributed by atoms with E-state index in [2.05, 4.69) is 40.1 Å². The summed E-state index contributed by atoms with van der Waals surface area (Å²) in [5.41, 5.74) is 0.0521. The van der Waals surface area contributed by atoms with Gasteiger partial charge in [-0.3, -0.25) is 4.79 Å². The number of thioether (sulfide) groups is 1. The zero-order valence-electron chi connectivity index (χ0n) is 41.9. The van der Waals surface area contributed by atoms with Crippen molar-refractivity contribution in [1.82, 2.24) is 5.32 Å². The Bertz CT molecular complexity index is 801. The van der Waals surface area contributed by atoms with E-state index in [0.717, 1.165) is 44.3 Å². The molecule has 0 aliphatic heterocycles. The summed E-state index contributed by atoms with van der Waals surface area (Å²) >= 11 is 1.56. The van der Waals surface area contributed by atoms with Crippen molar-refractivity contribution in [1.29, 1.82) is 0 Å². The molecule has 0 bridgehead atoms. The largest absolute Gasteiger partial charge is 0.397 e. The third kappa shape index (κ3) is 43.4. The van der Waals surface area contributed by atoms with E-state index in [0.29, 0.717) is 5.12 Å². The average molecular weight is 883 g/mol. The highest BCUT2D eigenvalue weighted by molar-refractivity contribution is 8.13. The second kappa shape index (κ2) is 50.1. The van der Waals surface area contributed by atoms with Crippen LogP contribution in [0.3, 0.4) is 0 Å². The Morgan fingerprint density at radius 1 is 0.433 bits per heavy atom. The average Bonchev–Trinajstić information content (AvgIpc) is 3.26. The molecule has 1 unspecified atom stereocenters. The molecule has 60 heavy (non-hydrogen) atoms. The Hall–Kier alpha value is 0.117. The lowest BCUT2D eigenvalue weighted by Gasteiger charge is -2.35. The van der Waals surface area contributed by atoms with Crippen molar-refractivity contribution in [2.24, 2.45) is 0 Å². The van der Waals surface area contributed by atoms with Gasteiger partial charge in [0.1, 0.15) is 0 Å². The molecule has 0 amide bonds. The fourth-order valence-corrected chi connectivity index (χ4v) is 12.0. The van der Waals surface area contributed by atoms with Gasteiger partial charge in [0.15, 0.2) is 5.12 Å². The first-order valence-electron chi connectivity index (χ1n) is 27.6. The van der Waals surface area contributed by atoms with Crippen LogP contribution in [0.25, 0.3) is 0 Å². The lowest BCUT2D eigenvalue weighted by Crippen LogP contribution is -2.49. The Balaban J connectivity index is 4.54. The van der Waals surface area contributed by atoms with Gasteiger partial charge < -0.3 is 14.2 Å². The Morgan fingerprint density at radius 2 is 0.750 bits per heavy atom. The molecule has 0 saturated carbocycles. The first-order chi connectivity index (χ1) is 29.6. The molecule has 0 spiro atoms. The predicted octanol–water partition coefficient (Wildman–Crippen LogP) is 18.3. The molecular weight excluding hydrogens is 771 g/mol. The molecule has 1 atom stereocenters. The highest BCUT2D eigenvalue weighted by Crippen LogP contribution is 2.26. The number of nitrogens with one attached hydrogen (secondary N) is 1. The third-order valence-corrected chi connectivity index (χ3v) is 16.4. The van der Waals surface area contributed by atoms with E-state index >= 15 is 0 Å². The maximum atomic E-state index is 12.6. The SMILES string of the molecule is CCCCCCCCCCCCCCCC(=O)SCCC[SiH](OCC)OCC(CCCCCCCCCCCCCCC)(CCCCCCCCCCCCCCC)NC. The molecule has 0 aromatic carbocycles. The van der Waals surface area contributed by atoms with Crippen molar-refractivity contribution in [3.63, 3.8) is 0 Å². The van der Waals surface area contributed by atoms with Gasteiger partial charge in [-0.15, -0.1) is 0 Å². The van der Waals surface area contributed by atoms with Crippen LogP contribution in [0.4, 0.5) is 0 Å². The lowest BCUT2D eigenvalue weighted by atomic mass is 9.87. The molecular formula is C54H111NO3SSi. The standard InChI is InChI=1S/C54H111NO3SSi/c1-6-10-13-16-19-22-25-28-31-34-37-40-43-47-53(56)59-50-46-51-60(57-9-4)58-52-54(55-5,48-44-41-38-35-32-29-26-23-20-17-14-11-7-2)49-45-42-39-36-33-30-27-24-21-18-15-12-8-3/h55,60H,6-52H2,1-5H3. The van der Waals surface area contributed by atoms with Crippen molar-refractivity contribution in [3.05, 3.63) is 0 Å². The molecule has 0 aliphatic carbocycles. The van der Waals surface area contributed by atoms with Crippen molar-refractivity contribution < 1.29 is 13.6 Å². The number of carbonyl (C=O) groups is 1. The number of hydrogen-bond donors (Lipinski definition) is 1. The van der Waals surface area contributed by atoms with Gasteiger partial charge in [0.2, 0.25) is 0 Å². The van der Waals surface area contributed by atoms with Gasteiger partial charge in [-0.05, 0) is 45.7 Å². The van der Waals surface area contributed by atoms with Crippen LogP contribution in [0.5, 0.6) is 0 Å². The van der Waals surface area contributed by atoms with Gasteiger partial charge in [0.05, 0.1) is 6.61 Å². The normalized spacial score (nSPS) is 12.5. The van der Waals surface area contributed by atoms with E-state index in [9.17, 15) is 4.79 Å². The molecule has 0 heterocycles. The van der Waals surface area contributed by atoms with Gasteiger partial charge in [-0.2, -0.15) is 0 Å². The van der Waals surface area contributed by atoms with Crippen molar-refractivity contribution in [2.75, 3.05) is 26.0 Å². The van der Waals surface area contributed by atoms with Crippen LogP contribution < -0.4 is 5.32 Å². The highest BCUT2D eigenvalue weighted by Gasteiger charge is 2.29. The van der Waals surface area contributed by atoms with Crippen LogP contribution in [0.2, 0.25) is 6.04 Å². The number of likely N-dealkylation sites (N-methyl/N-ethyl adjacent to an activating group) is 1. The van der Waals surface area contributed by atoms with Gasteiger partial charge in [-0.25, -0.2) is 0 Å². The molecule has 0 fully saturated rings. The van der Waals surface area contributed by atoms with Crippen LogP contribution in [0.1, 0.15) is 304 Å². The molecule has 0 rings (SSSR count). The van der Waals surface area contributed by atoms with E-state index in [-0.39, 0.29) is 5.54 Å². The maximum absolute atomic E-state index is 12.6. The van der Waals surface area contributed by atoms with Gasteiger partial charge in [0.25, 0.3) is 0 Å². The summed E-state index contributed by atoms with van der Waals surface area (Å²) in [5, 5.41) is 4.21. The molecule has 0 saturated heterocycles. The Kier molecular flexibility index (Phi) is 50.2. The summed E-state index contributed by atoms with van der Waals surface area (Å²) in [6.45, 7) is 10.5. The van der Waals surface area contributed by atoms with E-state index in [4.69, 9.17) is 8.85 Å². The number of rotatable bonds is 52. The van der Waals surface area contributed by atoms with Gasteiger partial charge in [-0.1, -0.05) is 277 Å². The fourth-order valence-electron chi connectivity index (χ4n) is 9.00. The van der Waals surface area contributed by atoms with Crippen molar-refractivity contribution in [3.8, 4) is 0 Å². The van der Waals surface area contributed by atoms with Crippen molar-refractivity contribution >= 4 is 26.2 Å². The summed E-state index contributed by atoms with van der Waals surface area (Å²) in [6, 6.07) is 1.00. The lowest BCUT2D eigenvalue weighted by molar-refractivity contribution is -0.111. The van der Waals surface area contributed by atoms with Gasteiger partial charge >= 0.3 is 9.28 Å². The van der Waals surface area contributed by atoms with E-state index in [1.165, 1.54) is 257 Å². The summed E-state index contributed by atoms with van der Waals surface area (Å²) in [7, 11) is 0.406. The van der Waals surface area contributed by atoms with Crippen LogP contribution in [0.15, 0.2) is 0 Å². The molecule has 360 valence electrons. The number of carbonyl (C=O) groups excluding carboxylic acids is 1. The minimum atomic E-state index is -1.78. The minimum absolute atomic E-state index is 0.0521. The van der Waals surface area contributed by atoms with E-state index in [1.807, 2.05) is 0 Å². The molecule has 0 aromatic heterocycles. The molecule has 0 aliphatic rings. The zero-order valence-corrected chi connectivity index (χ0v) is 43.9. The second-order valence-corrected chi connectivity index (χ2v) is 22.3. The summed E-state index contributed by atoms with van der Waals surface area (Å²) < 4.78 is 13.1. The summed E-state index contributed by atoms with van der Waals surface area (Å²) in [5.74, 6) is 0.909. The molecule has 1 N–H and O–H groups in total. The minimum Gasteiger partial charge on any atom is -0.397 e. The third-order valence-electron chi connectivity index (χ3n) is 13.3. The van der Waals surface area contributed by atoms with Crippen LogP contribution in [-0.2, 0) is 13.6 Å². The fraction of sp³-hybridized carbons (Fsp3) is 0.981. The number of hydrogen-bond acceptors (Lipinski definition) is 5. The smallest absolute Gasteiger partial charge is 0.321 e. The molecule has 0 radical (unpaired) electrons. The first kappa shape index (κ1) is 60.1. The van der Waals surface area contributed by atoms with E-state index < -0.39 is 9.28 Å². The summed E-state index contributed by atoms with van der Waals surface area (Å²) in [6.07, 6.45) is 58.1. The Labute approximate surface area is 384 Å². The van der Waals surface area contributed by atoms with E-state index in [1.54, 1.807) is 11.8 Å².